The van der Waals surface area contributed by atoms with Crippen molar-refractivity contribution in [1.82, 2.24) is 0 Å². The highest BCUT2D eigenvalue weighted by atomic mass is 19.4. The summed E-state index contributed by atoms with van der Waals surface area (Å²) < 4.78 is 77.5. The van der Waals surface area contributed by atoms with E-state index in [1.54, 1.807) is 0 Å². The van der Waals surface area contributed by atoms with Gasteiger partial charge in [0.1, 0.15) is 0 Å². The molecule has 128 valence electrons. The SMILES string of the molecule is O=C(c1ccc(C(F)(F)F)cc1)C(O)(c1ccccc1)C(F)(F)F. The molecule has 0 saturated heterocycles. The van der Waals surface area contributed by atoms with Gasteiger partial charge in [-0.05, 0) is 12.1 Å². The minimum Gasteiger partial charge on any atom is -0.370 e. The predicted molar refractivity (Wildman–Crippen MR) is 72.2 cm³/mol. The van der Waals surface area contributed by atoms with Gasteiger partial charge in [-0.2, -0.15) is 26.3 Å². The van der Waals surface area contributed by atoms with E-state index >= 15 is 0 Å². The fraction of sp³-hybridized carbons (Fsp3) is 0.188. The zero-order valence-electron chi connectivity index (χ0n) is 11.8. The van der Waals surface area contributed by atoms with Gasteiger partial charge < -0.3 is 5.11 Å². The molecule has 1 atom stereocenters. The van der Waals surface area contributed by atoms with Crippen LogP contribution in [-0.2, 0) is 11.8 Å². The number of halogens is 6. The number of rotatable bonds is 3. The number of alkyl halides is 6. The third-order valence-corrected chi connectivity index (χ3v) is 3.40. The maximum Gasteiger partial charge on any atom is 0.429 e. The van der Waals surface area contributed by atoms with Gasteiger partial charge in [-0.15, -0.1) is 0 Å². The molecule has 0 aliphatic heterocycles. The topological polar surface area (TPSA) is 37.3 Å². The molecule has 0 saturated carbocycles. The first-order valence-electron chi connectivity index (χ1n) is 6.54. The van der Waals surface area contributed by atoms with Crippen LogP contribution in [0, 0.1) is 0 Å². The summed E-state index contributed by atoms with van der Waals surface area (Å²) in [7, 11) is 0. The van der Waals surface area contributed by atoms with Crippen molar-refractivity contribution in [2.75, 3.05) is 0 Å². The van der Waals surface area contributed by atoms with Crippen molar-refractivity contribution in [3.63, 3.8) is 0 Å². The van der Waals surface area contributed by atoms with Crippen LogP contribution in [0.5, 0.6) is 0 Å². The number of carbonyl (C=O) groups is 1. The smallest absolute Gasteiger partial charge is 0.370 e. The van der Waals surface area contributed by atoms with Crippen molar-refractivity contribution in [2.45, 2.75) is 18.0 Å². The van der Waals surface area contributed by atoms with Gasteiger partial charge in [-0.3, -0.25) is 4.79 Å². The first-order chi connectivity index (χ1) is 11.0. The second-order valence-corrected chi connectivity index (χ2v) is 4.98. The molecule has 0 aromatic heterocycles. The summed E-state index contributed by atoms with van der Waals surface area (Å²) in [6.45, 7) is 0. The standard InChI is InChI=1S/C16H10F6O2/c17-15(18,19)12-8-6-10(7-9-12)13(23)14(24,16(20,21)22)11-4-2-1-3-5-11/h1-9,24H. The Balaban J connectivity index is 2.51. The minimum absolute atomic E-state index is 0.481. The Kier molecular flexibility index (Phi) is 4.45. The average Bonchev–Trinajstić information content (AvgIpc) is 2.52. The van der Waals surface area contributed by atoms with E-state index in [2.05, 4.69) is 0 Å². The summed E-state index contributed by atoms with van der Waals surface area (Å²) in [5.41, 5.74) is -6.38. The fourth-order valence-electron chi connectivity index (χ4n) is 2.12. The van der Waals surface area contributed by atoms with Crippen molar-refractivity contribution in [2.24, 2.45) is 0 Å². The Labute approximate surface area is 132 Å². The average molecular weight is 348 g/mol. The van der Waals surface area contributed by atoms with Crippen LogP contribution in [0.3, 0.4) is 0 Å². The zero-order chi connectivity index (χ0) is 18.2. The van der Waals surface area contributed by atoms with Gasteiger partial charge in [0, 0.05) is 11.1 Å². The van der Waals surface area contributed by atoms with Gasteiger partial charge in [0.2, 0.25) is 11.4 Å². The molecule has 1 unspecified atom stereocenters. The summed E-state index contributed by atoms with van der Waals surface area (Å²) in [6, 6.07) is 7.78. The molecular formula is C16H10F6O2. The molecule has 2 aromatic carbocycles. The second kappa shape index (κ2) is 5.94. The summed E-state index contributed by atoms with van der Waals surface area (Å²) in [6.07, 6.45) is -10.0. The summed E-state index contributed by atoms with van der Waals surface area (Å²) in [4.78, 5) is 12.2. The highest BCUT2D eigenvalue weighted by Crippen LogP contribution is 2.41. The van der Waals surface area contributed by atoms with Gasteiger partial charge >= 0.3 is 12.4 Å². The largest absolute Gasteiger partial charge is 0.429 e. The second-order valence-electron chi connectivity index (χ2n) is 4.98. The van der Waals surface area contributed by atoms with Crippen molar-refractivity contribution >= 4 is 5.78 Å². The Morgan fingerprint density at radius 3 is 1.67 bits per heavy atom. The Hall–Kier alpha value is -2.35. The van der Waals surface area contributed by atoms with Gasteiger partial charge in [0.25, 0.3) is 0 Å². The number of ketones is 1. The number of benzene rings is 2. The normalized spacial score (nSPS) is 15.0. The van der Waals surface area contributed by atoms with Crippen LogP contribution < -0.4 is 0 Å². The van der Waals surface area contributed by atoms with Crippen LogP contribution in [0.4, 0.5) is 26.3 Å². The molecule has 2 rings (SSSR count). The minimum atomic E-state index is -5.35. The number of hydrogen-bond acceptors (Lipinski definition) is 2. The zero-order valence-corrected chi connectivity index (χ0v) is 11.8. The van der Waals surface area contributed by atoms with E-state index in [9.17, 15) is 36.2 Å². The van der Waals surface area contributed by atoms with Crippen LogP contribution >= 0.6 is 0 Å². The number of carbonyl (C=O) groups excluding carboxylic acids is 1. The van der Waals surface area contributed by atoms with Gasteiger partial charge in [0.15, 0.2) is 0 Å². The summed E-state index contributed by atoms with van der Waals surface area (Å²) >= 11 is 0. The first-order valence-corrected chi connectivity index (χ1v) is 6.54. The molecule has 2 aromatic rings. The molecule has 0 spiro atoms. The van der Waals surface area contributed by atoms with E-state index in [0.29, 0.717) is 24.3 Å². The number of aliphatic hydroxyl groups is 1. The lowest BCUT2D eigenvalue weighted by Gasteiger charge is -2.29. The highest BCUT2D eigenvalue weighted by Gasteiger charge is 2.60. The predicted octanol–water partition coefficient (Wildman–Crippen LogP) is 4.34. The van der Waals surface area contributed by atoms with E-state index in [1.165, 1.54) is 18.2 Å². The van der Waals surface area contributed by atoms with Gasteiger partial charge in [-0.25, -0.2) is 0 Å². The van der Waals surface area contributed by atoms with Crippen LogP contribution in [0.25, 0.3) is 0 Å². The van der Waals surface area contributed by atoms with Crippen molar-refractivity contribution < 1.29 is 36.2 Å². The molecule has 0 fully saturated rings. The first kappa shape index (κ1) is 18.0. The molecule has 24 heavy (non-hydrogen) atoms. The monoisotopic (exact) mass is 348 g/mol. The van der Waals surface area contributed by atoms with Crippen LogP contribution in [0.1, 0.15) is 21.5 Å². The fourth-order valence-corrected chi connectivity index (χ4v) is 2.12. The maximum absolute atomic E-state index is 13.3. The number of Topliss-reactive ketones (excluding diaryl/α,β-unsaturated/α-hetero) is 1. The lowest BCUT2D eigenvalue weighted by Crippen LogP contribution is -2.49. The number of hydrogen-bond donors (Lipinski definition) is 1. The van der Waals surface area contributed by atoms with Crippen LogP contribution in [0.2, 0.25) is 0 Å². The van der Waals surface area contributed by atoms with Gasteiger partial charge in [0.05, 0.1) is 5.56 Å². The molecular weight excluding hydrogens is 338 g/mol. The molecule has 0 radical (unpaired) electrons. The van der Waals surface area contributed by atoms with E-state index in [0.717, 1.165) is 12.1 Å². The molecule has 0 aliphatic carbocycles. The van der Waals surface area contributed by atoms with Crippen LogP contribution in [-0.4, -0.2) is 17.1 Å². The van der Waals surface area contributed by atoms with Gasteiger partial charge in [-0.1, -0.05) is 42.5 Å². The molecule has 0 aliphatic rings. The molecule has 8 heteroatoms. The van der Waals surface area contributed by atoms with Crippen LogP contribution in [0.15, 0.2) is 54.6 Å². The van der Waals surface area contributed by atoms with E-state index < -0.39 is 40.4 Å². The third-order valence-electron chi connectivity index (χ3n) is 3.40. The van der Waals surface area contributed by atoms with E-state index in [1.807, 2.05) is 0 Å². The Bertz CT molecular complexity index is 719. The molecule has 0 bridgehead atoms. The van der Waals surface area contributed by atoms with E-state index in [4.69, 9.17) is 0 Å². The van der Waals surface area contributed by atoms with Crippen molar-refractivity contribution in [1.29, 1.82) is 0 Å². The summed E-state index contributed by atoms with van der Waals surface area (Å²) in [5.74, 6) is -1.75. The lowest BCUT2D eigenvalue weighted by molar-refractivity contribution is -0.242. The van der Waals surface area contributed by atoms with E-state index in [-0.39, 0.29) is 0 Å². The van der Waals surface area contributed by atoms with Crippen molar-refractivity contribution in [3.05, 3.63) is 71.3 Å². The lowest BCUT2D eigenvalue weighted by atomic mass is 9.85. The molecule has 1 N–H and O–H groups in total. The summed E-state index contributed by atoms with van der Waals surface area (Å²) in [5, 5.41) is 10.1. The molecule has 2 nitrogen and oxygen atoms in total. The maximum atomic E-state index is 13.3. The quantitative estimate of drug-likeness (QED) is 0.662. The molecule has 0 amide bonds. The Morgan fingerprint density at radius 2 is 1.25 bits per heavy atom. The molecule has 0 heterocycles. The Morgan fingerprint density at radius 1 is 0.750 bits per heavy atom. The highest BCUT2D eigenvalue weighted by molar-refractivity contribution is 6.03. The van der Waals surface area contributed by atoms with Crippen molar-refractivity contribution in [3.8, 4) is 0 Å². The third kappa shape index (κ3) is 3.14.